The van der Waals surface area contributed by atoms with Crippen LogP contribution in [0.4, 0.5) is 13.2 Å². The molecule has 1 aliphatic rings. The van der Waals surface area contributed by atoms with Gasteiger partial charge in [0.2, 0.25) is 0 Å². The zero-order chi connectivity index (χ0) is 15.6. The van der Waals surface area contributed by atoms with Crippen molar-refractivity contribution in [1.82, 2.24) is 4.90 Å². The molecule has 3 atom stereocenters. The lowest BCUT2D eigenvalue weighted by Gasteiger charge is -2.38. The highest BCUT2D eigenvalue weighted by atomic mass is 19.4. The molecule has 118 valence electrons. The van der Waals surface area contributed by atoms with E-state index in [9.17, 15) is 18.3 Å². The average molecular weight is 301 g/mol. The Labute approximate surface area is 123 Å². The SMILES string of the molecule is CC(O)C1CCCN(C(C)c2ccc(C(F)(F)F)cc2)C1. The van der Waals surface area contributed by atoms with Gasteiger partial charge in [-0.3, -0.25) is 4.90 Å². The molecule has 1 heterocycles. The molecule has 2 rings (SSSR count). The van der Waals surface area contributed by atoms with Gasteiger partial charge in [0, 0.05) is 12.6 Å². The minimum absolute atomic E-state index is 0.0637. The maximum absolute atomic E-state index is 12.6. The van der Waals surface area contributed by atoms with Crippen LogP contribution in [-0.4, -0.2) is 29.2 Å². The predicted molar refractivity (Wildman–Crippen MR) is 75.8 cm³/mol. The van der Waals surface area contributed by atoms with Gasteiger partial charge in [0.05, 0.1) is 11.7 Å². The monoisotopic (exact) mass is 301 g/mol. The van der Waals surface area contributed by atoms with Crippen molar-refractivity contribution < 1.29 is 18.3 Å². The van der Waals surface area contributed by atoms with E-state index < -0.39 is 11.7 Å². The van der Waals surface area contributed by atoms with Crippen LogP contribution in [0.25, 0.3) is 0 Å². The third kappa shape index (κ3) is 3.98. The molecule has 3 unspecified atom stereocenters. The van der Waals surface area contributed by atoms with Gasteiger partial charge in [0.15, 0.2) is 0 Å². The smallest absolute Gasteiger partial charge is 0.393 e. The summed E-state index contributed by atoms with van der Waals surface area (Å²) in [6.07, 6.45) is -2.61. The first-order chi connectivity index (χ1) is 9.79. The largest absolute Gasteiger partial charge is 0.416 e. The molecule has 0 aromatic heterocycles. The lowest BCUT2D eigenvalue weighted by molar-refractivity contribution is -0.137. The molecule has 1 N–H and O–H groups in total. The van der Waals surface area contributed by atoms with Crippen molar-refractivity contribution in [1.29, 1.82) is 0 Å². The molecule has 5 heteroatoms. The predicted octanol–water partition coefficient (Wildman–Crippen LogP) is 3.86. The van der Waals surface area contributed by atoms with Gasteiger partial charge >= 0.3 is 6.18 Å². The van der Waals surface area contributed by atoms with E-state index in [0.29, 0.717) is 0 Å². The number of rotatable bonds is 3. The third-order valence-corrected chi connectivity index (χ3v) is 4.44. The molecular formula is C16H22F3NO. The van der Waals surface area contributed by atoms with Crippen molar-refractivity contribution in [3.05, 3.63) is 35.4 Å². The van der Waals surface area contributed by atoms with Gasteiger partial charge in [-0.2, -0.15) is 13.2 Å². The number of aliphatic hydroxyl groups excluding tert-OH is 1. The first-order valence-corrected chi connectivity index (χ1v) is 7.38. The number of alkyl halides is 3. The van der Waals surface area contributed by atoms with E-state index in [4.69, 9.17) is 0 Å². The fourth-order valence-corrected chi connectivity index (χ4v) is 2.95. The number of aliphatic hydroxyl groups is 1. The Morgan fingerprint density at radius 3 is 2.33 bits per heavy atom. The Balaban J connectivity index is 2.07. The minimum Gasteiger partial charge on any atom is -0.393 e. The lowest BCUT2D eigenvalue weighted by atomic mass is 9.91. The van der Waals surface area contributed by atoms with Crippen molar-refractivity contribution in [3.63, 3.8) is 0 Å². The second kappa shape index (κ2) is 6.36. The number of halogens is 3. The van der Waals surface area contributed by atoms with Crippen molar-refractivity contribution in [2.24, 2.45) is 5.92 Å². The fraction of sp³-hybridized carbons (Fsp3) is 0.625. The Hall–Kier alpha value is -1.07. The molecule has 1 fully saturated rings. The normalized spacial score (nSPS) is 23.8. The van der Waals surface area contributed by atoms with Crippen molar-refractivity contribution >= 4 is 0 Å². The molecule has 0 aliphatic carbocycles. The third-order valence-electron chi connectivity index (χ3n) is 4.44. The van der Waals surface area contributed by atoms with E-state index in [1.165, 1.54) is 0 Å². The summed E-state index contributed by atoms with van der Waals surface area (Å²) in [4.78, 5) is 2.24. The van der Waals surface area contributed by atoms with Gasteiger partial charge in [-0.25, -0.2) is 0 Å². The fourth-order valence-electron chi connectivity index (χ4n) is 2.95. The molecule has 1 aliphatic heterocycles. The zero-order valence-corrected chi connectivity index (χ0v) is 12.4. The quantitative estimate of drug-likeness (QED) is 0.916. The summed E-state index contributed by atoms with van der Waals surface area (Å²) >= 11 is 0. The van der Waals surface area contributed by atoms with E-state index in [2.05, 4.69) is 4.90 Å². The molecule has 0 bridgehead atoms. The van der Waals surface area contributed by atoms with Crippen LogP contribution in [0.2, 0.25) is 0 Å². The first kappa shape index (κ1) is 16.3. The minimum atomic E-state index is -4.29. The highest BCUT2D eigenvalue weighted by Gasteiger charge is 2.31. The van der Waals surface area contributed by atoms with E-state index in [0.717, 1.165) is 43.6 Å². The molecule has 1 saturated heterocycles. The Morgan fingerprint density at radius 1 is 1.19 bits per heavy atom. The van der Waals surface area contributed by atoms with Crippen LogP contribution in [0, 0.1) is 5.92 Å². The summed E-state index contributed by atoms with van der Waals surface area (Å²) in [7, 11) is 0. The molecular weight excluding hydrogens is 279 g/mol. The van der Waals surface area contributed by atoms with Crippen molar-refractivity contribution in [2.75, 3.05) is 13.1 Å². The summed E-state index contributed by atoms with van der Waals surface area (Å²) in [6, 6.07) is 5.46. The molecule has 0 spiro atoms. The van der Waals surface area contributed by atoms with Gasteiger partial charge in [-0.15, -0.1) is 0 Å². The van der Waals surface area contributed by atoms with E-state index in [-0.39, 0.29) is 18.1 Å². The van der Waals surface area contributed by atoms with Gasteiger partial charge in [-0.05, 0) is 56.8 Å². The number of benzene rings is 1. The van der Waals surface area contributed by atoms with Gasteiger partial charge in [0.1, 0.15) is 0 Å². The highest BCUT2D eigenvalue weighted by molar-refractivity contribution is 5.26. The number of likely N-dealkylation sites (tertiary alicyclic amines) is 1. The van der Waals surface area contributed by atoms with Gasteiger partial charge < -0.3 is 5.11 Å². The molecule has 2 nitrogen and oxygen atoms in total. The van der Waals surface area contributed by atoms with Crippen molar-refractivity contribution in [2.45, 2.75) is 45.0 Å². The van der Waals surface area contributed by atoms with Crippen LogP contribution in [0.3, 0.4) is 0 Å². The van der Waals surface area contributed by atoms with Gasteiger partial charge in [-0.1, -0.05) is 12.1 Å². The van der Waals surface area contributed by atoms with Gasteiger partial charge in [0.25, 0.3) is 0 Å². The summed E-state index contributed by atoms with van der Waals surface area (Å²) in [6.45, 7) is 5.52. The number of piperidine rings is 1. The molecule has 1 aromatic rings. The Morgan fingerprint density at radius 2 is 1.81 bits per heavy atom. The van der Waals surface area contributed by atoms with Crippen LogP contribution in [0.5, 0.6) is 0 Å². The lowest BCUT2D eigenvalue weighted by Crippen LogP contribution is -2.40. The molecule has 21 heavy (non-hydrogen) atoms. The van der Waals surface area contributed by atoms with E-state index in [1.807, 2.05) is 6.92 Å². The summed E-state index contributed by atoms with van der Waals surface area (Å²) in [5, 5.41) is 9.72. The van der Waals surface area contributed by atoms with E-state index in [1.54, 1.807) is 19.1 Å². The number of hydrogen-bond acceptors (Lipinski definition) is 2. The molecule has 0 amide bonds. The summed E-state index contributed by atoms with van der Waals surface area (Å²) in [5.41, 5.74) is 0.271. The topological polar surface area (TPSA) is 23.5 Å². The number of hydrogen-bond donors (Lipinski definition) is 1. The maximum atomic E-state index is 12.6. The second-order valence-electron chi connectivity index (χ2n) is 5.93. The summed E-state index contributed by atoms with van der Waals surface area (Å²) < 4.78 is 37.7. The van der Waals surface area contributed by atoms with Crippen LogP contribution in [0.1, 0.15) is 43.9 Å². The van der Waals surface area contributed by atoms with Crippen molar-refractivity contribution in [3.8, 4) is 0 Å². The molecule has 1 aromatic carbocycles. The standard InChI is InChI=1S/C16H22F3NO/c1-11(20-9-3-4-14(10-20)12(2)21)13-5-7-15(8-6-13)16(17,18)19/h5-8,11-12,14,21H,3-4,9-10H2,1-2H3. The first-order valence-electron chi connectivity index (χ1n) is 7.38. The zero-order valence-electron chi connectivity index (χ0n) is 12.4. The second-order valence-corrected chi connectivity index (χ2v) is 5.93. The number of nitrogens with zero attached hydrogens (tertiary/aromatic N) is 1. The van der Waals surface area contributed by atoms with Crippen LogP contribution < -0.4 is 0 Å². The highest BCUT2D eigenvalue weighted by Crippen LogP contribution is 2.32. The molecule has 0 saturated carbocycles. The molecule has 0 radical (unpaired) electrons. The Kier molecular flexibility index (Phi) is 4.94. The maximum Gasteiger partial charge on any atom is 0.416 e. The average Bonchev–Trinajstić information content (AvgIpc) is 2.46. The van der Waals surface area contributed by atoms with Crippen LogP contribution >= 0.6 is 0 Å². The van der Waals surface area contributed by atoms with E-state index >= 15 is 0 Å². The summed E-state index contributed by atoms with van der Waals surface area (Å²) in [5.74, 6) is 0.246. The van der Waals surface area contributed by atoms with Crippen LogP contribution in [-0.2, 0) is 6.18 Å². The van der Waals surface area contributed by atoms with Crippen LogP contribution in [0.15, 0.2) is 24.3 Å². The Bertz CT molecular complexity index is 456.